The second-order valence-electron chi connectivity index (χ2n) is 5.81. The lowest BCUT2D eigenvalue weighted by Gasteiger charge is -2.40. The number of carbonyl (C=O) groups excluding carboxylic acids is 1. The van der Waals surface area contributed by atoms with E-state index in [1.165, 1.54) is 0 Å². The first-order valence-corrected chi connectivity index (χ1v) is 7.58. The van der Waals surface area contributed by atoms with Crippen LogP contribution in [0.25, 0.3) is 0 Å². The molecule has 0 aliphatic carbocycles. The van der Waals surface area contributed by atoms with Gasteiger partial charge in [-0.05, 0) is 32.2 Å². The molecule has 0 amide bonds. The van der Waals surface area contributed by atoms with E-state index in [-0.39, 0.29) is 12.1 Å². The number of nitrogens with one attached hydrogen (secondary N) is 1. The average Bonchev–Trinajstić information content (AvgIpc) is 2.37. The molecule has 0 bridgehead atoms. The van der Waals surface area contributed by atoms with Gasteiger partial charge in [-0.3, -0.25) is 4.79 Å². The third kappa shape index (κ3) is 4.77. The molecule has 0 aromatic carbocycles. The molecule has 19 heavy (non-hydrogen) atoms. The predicted molar refractivity (Wildman–Crippen MR) is 76.1 cm³/mol. The second kappa shape index (κ2) is 7.85. The molecule has 0 spiro atoms. The molecular weight excluding hydrogens is 242 g/mol. The van der Waals surface area contributed by atoms with E-state index in [1.54, 1.807) is 0 Å². The number of carbonyl (C=O) groups is 1. The summed E-state index contributed by atoms with van der Waals surface area (Å²) < 4.78 is 11.0. The van der Waals surface area contributed by atoms with Crippen molar-refractivity contribution >= 4 is 5.97 Å². The molecule has 0 saturated carbocycles. The van der Waals surface area contributed by atoms with E-state index in [9.17, 15) is 4.79 Å². The number of hydrogen-bond acceptors (Lipinski definition) is 4. The Kier molecular flexibility index (Phi) is 6.80. The lowest BCUT2D eigenvalue weighted by Crippen LogP contribution is -2.58. The third-order valence-corrected chi connectivity index (χ3v) is 3.58. The monoisotopic (exact) mass is 271 g/mol. The fourth-order valence-corrected chi connectivity index (χ4v) is 2.54. The van der Waals surface area contributed by atoms with Crippen LogP contribution in [-0.2, 0) is 14.3 Å². The minimum absolute atomic E-state index is 0.111. The fraction of sp³-hybridized carbons (Fsp3) is 0.933. The number of rotatable bonds is 7. The van der Waals surface area contributed by atoms with Gasteiger partial charge in [-0.2, -0.15) is 0 Å². The van der Waals surface area contributed by atoms with Crippen molar-refractivity contribution in [3.05, 3.63) is 0 Å². The van der Waals surface area contributed by atoms with Gasteiger partial charge >= 0.3 is 5.97 Å². The molecule has 4 heteroatoms. The first-order valence-electron chi connectivity index (χ1n) is 7.58. The summed E-state index contributed by atoms with van der Waals surface area (Å²) in [4.78, 5) is 12.3. The Labute approximate surface area is 117 Å². The van der Waals surface area contributed by atoms with Crippen molar-refractivity contribution in [3.8, 4) is 0 Å². The molecule has 0 aromatic rings. The highest BCUT2D eigenvalue weighted by Crippen LogP contribution is 2.29. The average molecular weight is 271 g/mol. The van der Waals surface area contributed by atoms with E-state index in [1.807, 2.05) is 6.92 Å². The Morgan fingerprint density at radius 3 is 2.79 bits per heavy atom. The maximum atomic E-state index is 12.3. The van der Waals surface area contributed by atoms with E-state index in [0.717, 1.165) is 25.8 Å². The normalized spacial score (nSPS) is 27.5. The van der Waals surface area contributed by atoms with Crippen molar-refractivity contribution in [3.63, 3.8) is 0 Å². The molecule has 1 aliphatic heterocycles. The van der Waals surface area contributed by atoms with Gasteiger partial charge in [0, 0.05) is 13.0 Å². The molecule has 2 unspecified atom stereocenters. The highest BCUT2D eigenvalue weighted by Gasteiger charge is 2.44. The smallest absolute Gasteiger partial charge is 0.326 e. The van der Waals surface area contributed by atoms with Crippen LogP contribution in [0.1, 0.15) is 53.4 Å². The molecule has 0 aromatic heterocycles. The largest absolute Gasteiger partial charge is 0.465 e. The van der Waals surface area contributed by atoms with Crippen LogP contribution in [0.4, 0.5) is 0 Å². The van der Waals surface area contributed by atoms with Crippen LogP contribution in [0.5, 0.6) is 0 Å². The van der Waals surface area contributed by atoms with E-state index >= 15 is 0 Å². The summed E-state index contributed by atoms with van der Waals surface area (Å²) in [6.45, 7) is 10.2. The molecule has 1 N–H and O–H groups in total. The summed E-state index contributed by atoms with van der Waals surface area (Å²) >= 11 is 0. The number of esters is 1. The first kappa shape index (κ1) is 16.4. The molecule has 1 saturated heterocycles. The van der Waals surface area contributed by atoms with E-state index in [2.05, 4.69) is 26.1 Å². The molecule has 112 valence electrons. The molecule has 2 atom stereocenters. The van der Waals surface area contributed by atoms with Gasteiger partial charge in [-0.15, -0.1) is 0 Å². The van der Waals surface area contributed by atoms with Gasteiger partial charge in [0.2, 0.25) is 0 Å². The minimum Gasteiger partial charge on any atom is -0.465 e. The Balaban J connectivity index is 2.75. The van der Waals surface area contributed by atoms with Crippen molar-refractivity contribution in [1.82, 2.24) is 5.32 Å². The van der Waals surface area contributed by atoms with Gasteiger partial charge in [-0.25, -0.2) is 0 Å². The van der Waals surface area contributed by atoms with E-state index < -0.39 is 5.54 Å². The van der Waals surface area contributed by atoms with Crippen molar-refractivity contribution in [2.45, 2.75) is 65.0 Å². The quantitative estimate of drug-likeness (QED) is 0.723. The van der Waals surface area contributed by atoms with Gasteiger partial charge in [0.25, 0.3) is 0 Å². The Bertz CT molecular complexity index is 279. The van der Waals surface area contributed by atoms with Crippen molar-refractivity contribution < 1.29 is 14.3 Å². The molecule has 1 fully saturated rings. The summed E-state index contributed by atoms with van der Waals surface area (Å²) in [5.74, 6) is 0.402. The molecule has 1 heterocycles. The van der Waals surface area contributed by atoms with E-state index in [0.29, 0.717) is 25.6 Å². The van der Waals surface area contributed by atoms with Gasteiger partial charge in [-0.1, -0.05) is 27.2 Å². The summed E-state index contributed by atoms with van der Waals surface area (Å²) in [5.41, 5.74) is -0.543. The lowest BCUT2D eigenvalue weighted by atomic mass is 9.84. The van der Waals surface area contributed by atoms with Gasteiger partial charge in [0.15, 0.2) is 0 Å². The van der Waals surface area contributed by atoms with Crippen molar-refractivity contribution in [2.75, 3.05) is 19.8 Å². The van der Waals surface area contributed by atoms with Crippen LogP contribution in [-0.4, -0.2) is 37.4 Å². The molecule has 1 aliphatic rings. The zero-order chi connectivity index (χ0) is 14.3. The molecule has 1 rings (SSSR count). The van der Waals surface area contributed by atoms with Crippen LogP contribution in [0.2, 0.25) is 0 Å². The summed E-state index contributed by atoms with van der Waals surface area (Å²) in [6.07, 6.45) is 3.69. The Morgan fingerprint density at radius 1 is 1.47 bits per heavy atom. The van der Waals surface area contributed by atoms with Crippen LogP contribution in [0, 0.1) is 5.92 Å². The maximum absolute atomic E-state index is 12.3. The van der Waals surface area contributed by atoms with Crippen LogP contribution >= 0.6 is 0 Å². The van der Waals surface area contributed by atoms with Gasteiger partial charge in [0.05, 0.1) is 12.7 Å². The van der Waals surface area contributed by atoms with Gasteiger partial charge < -0.3 is 14.8 Å². The standard InChI is InChI=1S/C15H29NO3/c1-5-7-13-10-15(8-9-19-13,14(17)18-6-2)16-11-12(3)4/h12-13,16H,5-11H2,1-4H3. The topological polar surface area (TPSA) is 47.6 Å². The molecule has 0 radical (unpaired) electrons. The summed E-state index contributed by atoms with van der Waals surface area (Å²) in [6, 6.07) is 0. The third-order valence-electron chi connectivity index (χ3n) is 3.58. The first-order chi connectivity index (χ1) is 9.04. The Hall–Kier alpha value is -0.610. The van der Waals surface area contributed by atoms with Crippen molar-refractivity contribution in [2.24, 2.45) is 5.92 Å². The highest BCUT2D eigenvalue weighted by molar-refractivity contribution is 5.81. The van der Waals surface area contributed by atoms with Crippen LogP contribution in [0.15, 0.2) is 0 Å². The predicted octanol–water partition coefficient (Wildman–Crippen LogP) is 2.51. The highest BCUT2D eigenvalue weighted by atomic mass is 16.5. The molecular formula is C15H29NO3. The zero-order valence-corrected chi connectivity index (χ0v) is 12.8. The minimum atomic E-state index is -0.543. The molecule has 4 nitrogen and oxygen atoms in total. The fourth-order valence-electron chi connectivity index (χ4n) is 2.54. The maximum Gasteiger partial charge on any atom is 0.326 e. The summed E-state index contributed by atoms with van der Waals surface area (Å²) in [7, 11) is 0. The van der Waals surface area contributed by atoms with Crippen LogP contribution < -0.4 is 5.32 Å². The Morgan fingerprint density at radius 2 is 2.21 bits per heavy atom. The SMILES string of the molecule is CCCC1CC(NCC(C)C)(C(=O)OCC)CCO1. The van der Waals surface area contributed by atoms with E-state index in [4.69, 9.17) is 9.47 Å². The number of ether oxygens (including phenoxy) is 2. The van der Waals surface area contributed by atoms with Crippen LogP contribution in [0.3, 0.4) is 0 Å². The number of hydrogen-bond donors (Lipinski definition) is 1. The van der Waals surface area contributed by atoms with Gasteiger partial charge in [0.1, 0.15) is 5.54 Å². The zero-order valence-electron chi connectivity index (χ0n) is 12.8. The summed E-state index contributed by atoms with van der Waals surface area (Å²) in [5, 5.41) is 3.45. The lowest BCUT2D eigenvalue weighted by molar-refractivity contribution is -0.158. The second-order valence-corrected chi connectivity index (χ2v) is 5.81. The van der Waals surface area contributed by atoms with Crippen molar-refractivity contribution in [1.29, 1.82) is 0 Å².